The lowest BCUT2D eigenvalue weighted by Gasteiger charge is -2.14. The Bertz CT molecular complexity index is 1220. The minimum Gasteiger partial charge on any atom is -0.355 e. The number of carbonyl (C=O) groups is 1. The highest BCUT2D eigenvalue weighted by Crippen LogP contribution is 2.26. The Morgan fingerprint density at radius 1 is 0.897 bits per heavy atom. The molecule has 142 valence electrons. The van der Waals surface area contributed by atoms with Gasteiger partial charge < -0.3 is 5.32 Å². The molecule has 0 radical (unpaired) electrons. The number of aromatic nitrogens is 2. The van der Waals surface area contributed by atoms with Crippen molar-refractivity contribution in [2.24, 2.45) is 0 Å². The van der Waals surface area contributed by atoms with Gasteiger partial charge in [0, 0.05) is 41.8 Å². The summed E-state index contributed by atoms with van der Waals surface area (Å²) in [5, 5.41) is 2.64. The molecule has 0 aliphatic heterocycles. The number of rotatable bonds is 4. The zero-order chi connectivity index (χ0) is 20.2. The average molecular weight is 381 g/mol. The van der Waals surface area contributed by atoms with E-state index in [1.165, 1.54) is 0 Å². The third-order valence-corrected chi connectivity index (χ3v) is 4.70. The molecule has 0 atom stereocenters. The molecule has 2 heterocycles. The van der Waals surface area contributed by atoms with E-state index in [1.807, 2.05) is 54.6 Å². The molecule has 1 N–H and O–H groups in total. The quantitative estimate of drug-likeness (QED) is 0.583. The van der Waals surface area contributed by atoms with Crippen molar-refractivity contribution in [3.8, 4) is 28.1 Å². The molecule has 4 rings (SSSR count). The summed E-state index contributed by atoms with van der Waals surface area (Å²) in [5.41, 5.74) is 3.55. The fraction of sp³-hybridized carbons (Fsp3) is 0.0417. The Morgan fingerprint density at radius 3 is 2.34 bits per heavy atom. The zero-order valence-corrected chi connectivity index (χ0v) is 15.9. The normalized spacial score (nSPS) is 10.5. The molecule has 29 heavy (non-hydrogen) atoms. The first-order chi connectivity index (χ1) is 14.2. The number of nitrogens with zero attached hydrogens (tertiary/aromatic N) is 2. The van der Waals surface area contributed by atoms with Gasteiger partial charge in [-0.3, -0.25) is 19.1 Å². The second kappa shape index (κ2) is 7.94. The fourth-order valence-electron chi connectivity index (χ4n) is 3.28. The Kier molecular flexibility index (Phi) is 5.03. The van der Waals surface area contributed by atoms with Gasteiger partial charge in [0.1, 0.15) is 0 Å². The monoisotopic (exact) mass is 381 g/mol. The molecule has 0 bridgehead atoms. The molecule has 0 fully saturated rings. The van der Waals surface area contributed by atoms with Crippen molar-refractivity contribution < 1.29 is 4.79 Å². The van der Waals surface area contributed by atoms with Gasteiger partial charge in [-0.2, -0.15) is 0 Å². The summed E-state index contributed by atoms with van der Waals surface area (Å²) in [6, 6.07) is 24.0. The highest BCUT2D eigenvalue weighted by Gasteiger charge is 2.17. The average Bonchev–Trinajstić information content (AvgIpc) is 2.80. The van der Waals surface area contributed by atoms with E-state index >= 15 is 0 Å². The van der Waals surface area contributed by atoms with Gasteiger partial charge in [0.05, 0.1) is 5.69 Å². The summed E-state index contributed by atoms with van der Waals surface area (Å²) in [7, 11) is 1.58. The zero-order valence-electron chi connectivity index (χ0n) is 15.9. The Labute approximate surface area is 168 Å². The molecule has 0 aliphatic rings. The van der Waals surface area contributed by atoms with Crippen LogP contribution in [-0.4, -0.2) is 22.5 Å². The maximum atomic E-state index is 13.4. The van der Waals surface area contributed by atoms with E-state index in [0.717, 1.165) is 16.9 Å². The summed E-state index contributed by atoms with van der Waals surface area (Å²) in [5.74, 6) is -0.241. The number of hydrogen-bond acceptors (Lipinski definition) is 3. The van der Waals surface area contributed by atoms with Crippen molar-refractivity contribution in [2.75, 3.05) is 7.05 Å². The van der Waals surface area contributed by atoms with Crippen LogP contribution in [0.15, 0.2) is 96.1 Å². The predicted molar refractivity (Wildman–Crippen MR) is 114 cm³/mol. The molecule has 0 saturated carbocycles. The highest BCUT2D eigenvalue weighted by molar-refractivity contribution is 6.00. The van der Waals surface area contributed by atoms with E-state index in [1.54, 1.807) is 48.3 Å². The summed E-state index contributed by atoms with van der Waals surface area (Å²) < 4.78 is 1.60. The van der Waals surface area contributed by atoms with Gasteiger partial charge in [-0.15, -0.1) is 0 Å². The first-order valence-corrected chi connectivity index (χ1v) is 9.24. The van der Waals surface area contributed by atoms with E-state index in [4.69, 9.17) is 0 Å². The Morgan fingerprint density at radius 2 is 1.62 bits per heavy atom. The number of pyridine rings is 2. The largest absolute Gasteiger partial charge is 0.355 e. The number of benzene rings is 2. The maximum Gasteiger partial charge on any atom is 0.263 e. The smallest absolute Gasteiger partial charge is 0.263 e. The van der Waals surface area contributed by atoms with Crippen LogP contribution < -0.4 is 10.9 Å². The first-order valence-electron chi connectivity index (χ1n) is 9.24. The van der Waals surface area contributed by atoms with Crippen LogP contribution in [-0.2, 0) is 0 Å². The highest BCUT2D eigenvalue weighted by atomic mass is 16.1. The summed E-state index contributed by atoms with van der Waals surface area (Å²) >= 11 is 0. The van der Waals surface area contributed by atoms with E-state index in [9.17, 15) is 9.59 Å². The molecule has 2 aromatic carbocycles. The van der Waals surface area contributed by atoms with Crippen LogP contribution in [0.3, 0.4) is 0 Å². The number of para-hydroxylation sites is 1. The van der Waals surface area contributed by atoms with Gasteiger partial charge >= 0.3 is 0 Å². The summed E-state index contributed by atoms with van der Waals surface area (Å²) in [6.07, 6.45) is 3.50. The lowest BCUT2D eigenvalue weighted by molar-refractivity contribution is 0.0963. The van der Waals surface area contributed by atoms with Gasteiger partial charge in [0.15, 0.2) is 0 Å². The van der Waals surface area contributed by atoms with E-state index in [2.05, 4.69) is 10.3 Å². The van der Waals surface area contributed by atoms with Crippen LogP contribution in [0.2, 0.25) is 0 Å². The number of carbonyl (C=O) groups excluding carboxylic acids is 1. The van der Waals surface area contributed by atoms with Crippen LogP contribution in [0.5, 0.6) is 0 Å². The molecule has 0 saturated heterocycles. The molecule has 0 spiro atoms. The van der Waals surface area contributed by atoms with Crippen LogP contribution >= 0.6 is 0 Å². The molecular weight excluding hydrogens is 362 g/mol. The Hall–Kier alpha value is -3.99. The van der Waals surface area contributed by atoms with Crippen LogP contribution in [0.25, 0.3) is 28.1 Å². The van der Waals surface area contributed by atoms with Crippen molar-refractivity contribution in [1.29, 1.82) is 0 Å². The van der Waals surface area contributed by atoms with E-state index in [0.29, 0.717) is 16.7 Å². The molecular formula is C24H19N3O2. The minimum atomic E-state index is -0.241. The molecule has 4 aromatic rings. The lowest BCUT2D eigenvalue weighted by atomic mass is 9.98. The van der Waals surface area contributed by atoms with Crippen molar-refractivity contribution in [2.45, 2.75) is 0 Å². The number of nitrogens with one attached hydrogen (secondary N) is 1. The van der Waals surface area contributed by atoms with Gasteiger partial charge in [-0.25, -0.2) is 0 Å². The summed E-state index contributed by atoms with van der Waals surface area (Å²) in [4.78, 5) is 30.3. The van der Waals surface area contributed by atoms with Crippen LogP contribution in [0, 0.1) is 0 Å². The van der Waals surface area contributed by atoms with Crippen molar-refractivity contribution >= 4 is 5.91 Å². The molecule has 0 aliphatic carbocycles. The lowest BCUT2D eigenvalue weighted by Crippen LogP contribution is -2.23. The number of hydrogen-bond donors (Lipinski definition) is 1. The third kappa shape index (κ3) is 3.58. The molecule has 5 nitrogen and oxygen atoms in total. The maximum absolute atomic E-state index is 13.4. The van der Waals surface area contributed by atoms with Crippen molar-refractivity contribution in [3.05, 3.63) is 107 Å². The van der Waals surface area contributed by atoms with Gasteiger partial charge in [-0.05, 0) is 42.0 Å². The molecule has 1 amide bonds. The van der Waals surface area contributed by atoms with Gasteiger partial charge in [-0.1, -0.05) is 42.5 Å². The van der Waals surface area contributed by atoms with Crippen LogP contribution in [0.1, 0.15) is 10.4 Å². The Balaban J connectivity index is 2.03. The molecule has 2 aromatic heterocycles. The SMILES string of the molecule is CNC(=O)c1ccccc1-c1cc(-c2ccccn2)cn(-c2ccccc2)c1=O. The van der Waals surface area contributed by atoms with E-state index in [-0.39, 0.29) is 11.5 Å². The summed E-state index contributed by atoms with van der Waals surface area (Å²) in [6.45, 7) is 0. The third-order valence-electron chi connectivity index (χ3n) is 4.70. The van der Waals surface area contributed by atoms with Gasteiger partial charge in [0.2, 0.25) is 0 Å². The van der Waals surface area contributed by atoms with Crippen molar-refractivity contribution in [1.82, 2.24) is 14.9 Å². The van der Waals surface area contributed by atoms with E-state index < -0.39 is 0 Å². The molecule has 5 heteroatoms. The number of amides is 1. The van der Waals surface area contributed by atoms with Crippen LogP contribution in [0.4, 0.5) is 0 Å². The molecule has 0 unspecified atom stereocenters. The fourth-order valence-corrected chi connectivity index (χ4v) is 3.28. The van der Waals surface area contributed by atoms with Gasteiger partial charge in [0.25, 0.3) is 11.5 Å². The standard InChI is InChI=1S/C24H19N3O2/c1-25-23(28)20-12-6-5-11-19(20)21-15-17(22-13-7-8-14-26-22)16-27(24(21)29)18-9-3-2-4-10-18/h2-16H,1H3,(H,25,28). The second-order valence-corrected chi connectivity index (χ2v) is 6.49. The topological polar surface area (TPSA) is 64.0 Å². The first kappa shape index (κ1) is 18.4. The van der Waals surface area contributed by atoms with Crippen molar-refractivity contribution in [3.63, 3.8) is 0 Å². The minimum absolute atomic E-state index is 0.202. The predicted octanol–water partition coefficient (Wildman–Crippen LogP) is 3.93. The second-order valence-electron chi connectivity index (χ2n) is 6.49.